The molecular weight excluding hydrogens is 132 g/mol. The first-order valence-electron chi connectivity index (χ1n) is 3.72. The third kappa shape index (κ3) is 1.94. The van der Waals surface area contributed by atoms with Crippen molar-refractivity contribution in [3.05, 3.63) is 0 Å². The minimum Gasteiger partial charge on any atom is -0.368 e. The zero-order valence-corrected chi connectivity index (χ0v) is 6.25. The molecule has 60 valence electrons. The first kappa shape index (κ1) is 7.98. The molecule has 10 heavy (non-hydrogen) atoms. The standard InChI is InChI=1S/C7H14O3/c1-2-3-6-4-9-5-10-7(6)8/h6-8H,2-5H2,1H3. The van der Waals surface area contributed by atoms with Gasteiger partial charge in [-0.15, -0.1) is 0 Å². The van der Waals surface area contributed by atoms with E-state index in [1.165, 1.54) is 0 Å². The fourth-order valence-corrected chi connectivity index (χ4v) is 1.13. The third-order valence-corrected chi connectivity index (χ3v) is 1.72. The number of hydrogen-bond donors (Lipinski definition) is 1. The summed E-state index contributed by atoms with van der Waals surface area (Å²) in [5.74, 6) is 0.179. The van der Waals surface area contributed by atoms with Crippen LogP contribution in [0.3, 0.4) is 0 Å². The molecular formula is C7H14O3. The van der Waals surface area contributed by atoms with Gasteiger partial charge in [0.15, 0.2) is 6.29 Å². The average molecular weight is 146 g/mol. The largest absolute Gasteiger partial charge is 0.368 e. The minimum absolute atomic E-state index is 0.179. The Kier molecular flexibility index (Phi) is 3.12. The highest BCUT2D eigenvalue weighted by Gasteiger charge is 2.22. The van der Waals surface area contributed by atoms with Crippen LogP contribution in [0.25, 0.3) is 0 Å². The molecule has 2 atom stereocenters. The number of ether oxygens (including phenoxy) is 2. The quantitative estimate of drug-likeness (QED) is 0.624. The first-order chi connectivity index (χ1) is 4.84. The Morgan fingerprint density at radius 3 is 3.00 bits per heavy atom. The van der Waals surface area contributed by atoms with Gasteiger partial charge in [-0.3, -0.25) is 0 Å². The van der Waals surface area contributed by atoms with E-state index in [0.29, 0.717) is 6.61 Å². The predicted octanol–water partition coefficient (Wildman–Crippen LogP) is 0.725. The van der Waals surface area contributed by atoms with Gasteiger partial charge in [0, 0.05) is 5.92 Å². The van der Waals surface area contributed by atoms with Gasteiger partial charge in [-0.1, -0.05) is 13.3 Å². The van der Waals surface area contributed by atoms with Crippen molar-refractivity contribution in [1.82, 2.24) is 0 Å². The van der Waals surface area contributed by atoms with Crippen LogP contribution in [0.4, 0.5) is 0 Å². The fraction of sp³-hybridized carbons (Fsp3) is 1.00. The van der Waals surface area contributed by atoms with Crippen molar-refractivity contribution < 1.29 is 14.6 Å². The molecule has 0 amide bonds. The molecule has 1 N–H and O–H groups in total. The van der Waals surface area contributed by atoms with Gasteiger partial charge < -0.3 is 14.6 Å². The fourth-order valence-electron chi connectivity index (χ4n) is 1.13. The Bertz CT molecular complexity index is 92.9. The molecule has 2 unspecified atom stereocenters. The summed E-state index contributed by atoms with van der Waals surface area (Å²) in [5.41, 5.74) is 0. The summed E-state index contributed by atoms with van der Waals surface area (Å²) in [6.45, 7) is 2.96. The number of aliphatic hydroxyl groups excluding tert-OH is 1. The molecule has 1 fully saturated rings. The molecule has 0 aromatic heterocycles. The van der Waals surface area contributed by atoms with Gasteiger partial charge in [0.2, 0.25) is 0 Å². The van der Waals surface area contributed by atoms with E-state index in [1.807, 2.05) is 0 Å². The Morgan fingerprint density at radius 2 is 2.40 bits per heavy atom. The lowest BCUT2D eigenvalue weighted by atomic mass is 10.0. The molecule has 1 rings (SSSR count). The molecule has 0 aliphatic carbocycles. The maximum Gasteiger partial charge on any atom is 0.162 e. The van der Waals surface area contributed by atoms with E-state index in [0.717, 1.165) is 12.8 Å². The lowest BCUT2D eigenvalue weighted by Gasteiger charge is -2.27. The van der Waals surface area contributed by atoms with Crippen molar-refractivity contribution >= 4 is 0 Å². The maximum absolute atomic E-state index is 9.20. The summed E-state index contributed by atoms with van der Waals surface area (Å²) < 4.78 is 9.90. The summed E-state index contributed by atoms with van der Waals surface area (Å²) in [4.78, 5) is 0. The van der Waals surface area contributed by atoms with Gasteiger partial charge in [-0.2, -0.15) is 0 Å². The van der Waals surface area contributed by atoms with Crippen molar-refractivity contribution in [2.75, 3.05) is 13.4 Å². The molecule has 0 saturated carbocycles. The van der Waals surface area contributed by atoms with E-state index in [4.69, 9.17) is 9.47 Å². The summed E-state index contributed by atoms with van der Waals surface area (Å²) >= 11 is 0. The smallest absolute Gasteiger partial charge is 0.162 e. The molecule has 3 heteroatoms. The average Bonchev–Trinajstić information content (AvgIpc) is 1.94. The van der Waals surface area contributed by atoms with Crippen LogP contribution in [0.2, 0.25) is 0 Å². The second-order valence-corrected chi connectivity index (χ2v) is 2.59. The Labute approximate surface area is 60.9 Å². The van der Waals surface area contributed by atoms with Crippen LogP contribution in [0.1, 0.15) is 19.8 Å². The van der Waals surface area contributed by atoms with Gasteiger partial charge in [0.05, 0.1) is 6.61 Å². The minimum atomic E-state index is -0.603. The molecule has 0 radical (unpaired) electrons. The predicted molar refractivity (Wildman–Crippen MR) is 36.3 cm³/mol. The van der Waals surface area contributed by atoms with E-state index in [2.05, 4.69) is 6.92 Å². The zero-order valence-electron chi connectivity index (χ0n) is 6.25. The third-order valence-electron chi connectivity index (χ3n) is 1.72. The molecule has 0 aromatic carbocycles. The first-order valence-corrected chi connectivity index (χ1v) is 3.72. The highest BCUT2D eigenvalue weighted by Crippen LogP contribution is 2.16. The Hall–Kier alpha value is -0.120. The van der Waals surface area contributed by atoms with Crippen LogP contribution in [0, 0.1) is 5.92 Å². The monoisotopic (exact) mass is 146 g/mol. The molecule has 1 aliphatic heterocycles. The summed E-state index contributed by atoms with van der Waals surface area (Å²) in [6.07, 6.45) is 1.43. The van der Waals surface area contributed by atoms with E-state index in [-0.39, 0.29) is 12.7 Å². The second kappa shape index (κ2) is 3.91. The van der Waals surface area contributed by atoms with Crippen LogP contribution in [0.15, 0.2) is 0 Å². The number of aliphatic hydroxyl groups is 1. The van der Waals surface area contributed by atoms with Crippen molar-refractivity contribution in [2.45, 2.75) is 26.1 Å². The van der Waals surface area contributed by atoms with Crippen LogP contribution in [-0.4, -0.2) is 24.8 Å². The van der Waals surface area contributed by atoms with E-state index < -0.39 is 6.29 Å². The van der Waals surface area contributed by atoms with Crippen molar-refractivity contribution in [3.63, 3.8) is 0 Å². The summed E-state index contributed by atoms with van der Waals surface area (Å²) in [6, 6.07) is 0. The maximum atomic E-state index is 9.20. The highest BCUT2D eigenvalue weighted by molar-refractivity contribution is 4.62. The lowest BCUT2D eigenvalue weighted by molar-refractivity contribution is -0.245. The number of hydrogen-bond acceptors (Lipinski definition) is 3. The summed E-state index contributed by atoms with van der Waals surface area (Å²) in [5, 5.41) is 9.20. The number of rotatable bonds is 2. The van der Waals surface area contributed by atoms with Crippen LogP contribution >= 0.6 is 0 Å². The Balaban J connectivity index is 2.25. The van der Waals surface area contributed by atoms with Gasteiger partial charge in [-0.25, -0.2) is 0 Å². The zero-order chi connectivity index (χ0) is 7.40. The highest BCUT2D eigenvalue weighted by atomic mass is 16.7. The van der Waals surface area contributed by atoms with Crippen LogP contribution in [-0.2, 0) is 9.47 Å². The second-order valence-electron chi connectivity index (χ2n) is 2.59. The molecule has 1 heterocycles. The van der Waals surface area contributed by atoms with Crippen LogP contribution in [0.5, 0.6) is 0 Å². The van der Waals surface area contributed by atoms with Crippen molar-refractivity contribution in [2.24, 2.45) is 5.92 Å². The molecule has 0 bridgehead atoms. The molecule has 3 nitrogen and oxygen atoms in total. The van der Waals surface area contributed by atoms with Crippen molar-refractivity contribution in [3.8, 4) is 0 Å². The molecule has 1 saturated heterocycles. The Morgan fingerprint density at radius 1 is 1.60 bits per heavy atom. The van der Waals surface area contributed by atoms with E-state index in [1.54, 1.807) is 0 Å². The molecule has 1 aliphatic rings. The van der Waals surface area contributed by atoms with Gasteiger partial charge in [0.25, 0.3) is 0 Å². The SMILES string of the molecule is CCCC1COCOC1O. The van der Waals surface area contributed by atoms with Gasteiger partial charge in [-0.05, 0) is 6.42 Å². The molecule has 0 spiro atoms. The van der Waals surface area contributed by atoms with E-state index >= 15 is 0 Å². The van der Waals surface area contributed by atoms with Gasteiger partial charge in [0.1, 0.15) is 6.79 Å². The summed E-state index contributed by atoms with van der Waals surface area (Å²) in [7, 11) is 0. The van der Waals surface area contributed by atoms with Gasteiger partial charge >= 0.3 is 0 Å². The molecule has 0 aromatic rings. The lowest BCUT2D eigenvalue weighted by Crippen LogP contribution is -2.33. The van der Waals surface area contributed by atoms with Crippen molar-refractivity contribution in [1.29, 1.82) is 0 Å². The topological polar surface area (TPSA) is 38.7 Å². The van der Waals surface area contributed by atoms with Crippen LogP contribution < -0.4 is 0 Å². The van der Waals surface area contributed by atoms with E-state index in [9.17, 15) is 5.11 Å². The normalized spacial score (nSPS) is 34.2.